The highest BCUT2D eigenvalue weighted by Crippen LogP contribution is 2.42. The molecule has 0 spiro atoms. The molecule has 0 saturated carbocycles. The van der Waals surface area contributed by atoms with Gasteiger partial charge >= 0.3 is 6.01 Å². The number of benzene rings is 2. The molecule has 0 bridgehead atoms. The maximum absolute atomic E-state index is 16.9. The monoisotopic (exact) mass is 580 g/mol. The van der Waals surface area contributed by atoms with E-state index < -0.39 is 11.6 Å². The number of aromatic nitrogens is 3. The van der Waals surface area contributed by atoms with Crippen LogP contribution in [0.5, 0.6) is 6.01 Å². The molecule has 0 aliphatic carbocycles. The first-order chi connectivity index (χ1) is 21.1. The Labute approximate surface area is 249 Å². The molecule has 8 rings (SSSR count). The number of fused-ring (bicyclic) bond motifs is 4. The van der Waals surface area contributed by atoms with Crippen LogP contribution in [0.15, 0.2) is 30.3 Å². The van der Waals surface area contributed by atoms with Gasteiger partial charge in [-0.1, -0.05) is 30.2 Å². The molecule has 7 nitrogen and oxygen atoms in total. The minimum absolute atomic E-state index is 0.00720. The fourth-order valence-corrected chi connectivity index (χ4v) is 7.99. The molecule has 0 amide bonds. The molecular formula is C34H34F2N6O. The van der Waals surface area contributed by atoms with Crippen LogP contribution in [0, 0.1) is 24.0 Å². The van der Waals surface area contributed by atoms with Crippen molar-refractivity contribution in [3.63, 3.8) is 0 Å². The lowest BCUT2D eigenvalue weighted by Gasteiger charge is -2.39. The highest BCUT2D eigenvalue weighted by molar-refractivity contribution is 6.02. The summed E-state index contributed by atoms with van der Waals surface area (Å²) in [6, 6.07) is 8.89. The predicted octanol–water partition coefficient (Wildman–Crippen LogP) is 5.23. The summed E-state index contributed by atoms with van der Waals surface area (Å²) >= 11 is 0. The molecule has 4 aliphatic heterocycles. The second-order valence-corrected chi connectivity index (χ2v) is 12.4. The summed E-state index contributed by atoms with van der Waals surface area (Å²) in [5.74, 6) is 2.09. The number of hydrogen-bond acceptors (Lipinski definition) is 7. The minimum atomic E-state index is -0.569. The van der Waals surface area contributed by atoms with E-state index in [0.29, 0.717) is 35.2 Å². The van der Waals surface area contributed by atoms with Crippen LogP contribution in [0.1, 0.15) is 49.8 Å². The van der Waals surface area contributed by atoms with Gasteiger partial charge in [0.05, 0.1) is 22.2 Å². The van der Waals surface area contributed by atoms with Crippen molar-refractivity contribution < 1.29 is 13.5 Å². The van der Waals surface area contributed by atoms with E-state index in [1.165, 1.54) is 6.07 Å². The molecule has 3 saturated heterocycles. The van der Waals surface area contributed by atoms with Crippen molar-refractivity contribution in [3.05, 3.63) is 53.2 Å². The number of terminal acetylenes is 1. The van der Waals surface area contributed by atoms with Crippen molar-refractivity contribution >= 4 is 27.5 Å². The molecule has 6 heterocycles. The number of ether oxygens (including phenoxy) is 1. The normalized spacial score (nSPS) is 21.3. The SMILES string of the molecule is C#Cc1c(F)ccc2cccc(-c3nc4c5c(nc(OCC67CCCN6CCC7)nc5c3F)N3CCNCC3CCC4)c12. The molecule has 2 aromatic carbocycles. The van der Waals surface area contributed by atoms with Crippen LogP contribution in [-0.2, 0) is 6.42 Å². The van der Waals surface area contributed by atoms with E-state index in [-0.39, 0.29) is 34.4 Å². The molecule has 2 aromatic heterocycles. The summed E-state index contributed by atoms with van der Waals surface area (Å²) in [5, 5.41) is 5.35. The molecule has 1 N–H and O–H groups in total. The fourth-order valence-electron chi connectivity index (χ4n) is 7.99. The maximum atomic E-state index is 16.9. The van der Waals surface area contributed by atoms with Crippen molar-refractivity contribution in [2.24, 2.45) is 0 Å². The largest absolute Gasteiger partial charge is 0.461 e. The first kappa shape index (κ1) is 26.7. The zero-order chi connectivity index (χ0) is 29.1. The van der Waals surface area contributed by atoms with E-state index in [2.05, 4.69) is 21.0 Å². The average Bonchev–Trinajstić information content (AvgIpc) is 3.61. The molecule has 1 atom stereocenters. The summed E-state index contributed by atoms with van der Waals surface area (Å²) < 4.78 is 38.2. The second kappa shape index (κ2) is 10.4. The molecule has 220 valence electrons. The maximum Gasteiger partial charge on any atom is 0.319 e. The lowest BCUT2D eigenvalue weighted by Crippen LogP contribution is -2.52. The number of hydrogen-bond donors (Lipinski definition) is 1. The number of pyridine rings is 1. The van der Waals surface area contributed by atoms with Gasteiger partial charge in [-0.3, -0.25) is 4.90 Å². The van der Waals surface area contributed by atoms with Gasteiger partial charge in [0.15, 0.2) is 5.82 Å². The Morgan fingerprint density at radius 1 is 1.02 bits per heavy atom. The zero-order valence-corrected chi connectivity index (χ0v) is 24.1. The van der Waals surface area contributed by atoms with Crippen molar-refractivity contribution in [2.75, 3.05) is 44.2 Å². The standard InChI is InChI=1S/C34H34F2N6O/c1-2-23-25(35)12-11-21-7-3-9-24(27(21)23)30-29(36)31-28-26(38-30)10-4-8-22-19-37-15-18-42(22)32(28)40-33(39-31)43-20-34-13-5-16-41(34)17-6-14-34/h1,3,7,9,11-12,22,37H,4-6,8,10,13-20H2. The molecule has 0 radical (unpaired) electrons. The predicted molar refractivity (Wildman–Crippen MR) is 163 cm³/mol. The zero-order valence-electron chi connectivity index (χ0n) is 24.1. The Hall–Kier alpha value is -3.87. The highest BCUT2D eigenvalue weighted by Gasteiger charge is 2.45. The van der Waals surface area contributed by atoms with Crippen molar-refractivity contribution in [1.29, 1.82) is 0 Å². The lowest BCUT2D eigenvalue weighted by molar-refractivity contribution is 0.108. The van der Waals surface area contributed by atoms with E-state index >= 15 is 4.39 Å². The van der Waals surface area contributed by atoms with Crippen LogP contribution in [0.3, 0.4) is 0 Å². The minimum Gasteiger partial charge on any atom is -0.461 e. The average molecular weight is 581 g/mol. The Kier molecular flexibility index (Phi) is 6.46. The third-order valence-corrected chi connectivity index (χ3v) is 10.1. The van der Waals surface area contributed by atoms with E-state index in [1.807, 2.05) is 12.1 Å². The smallest absolute Gasteiger partial charge is 0.319 e. The van der Waals surface area contributed by atoms with E-state index in [9.17, 15) is 4.39 Å². The van der Waals surface area contributed by atoms with E-state index in [0.717, 1.165) is 82.3 Å². The third kappa shape index (κ3) is 4.26. The van der Waals surface area contributed by atoms with Gasteiger partial charge in [-0.25, -0.2) is 13.8 Å². The second-order valence-electron chi connectivity index (χ2n) is 12.4. The Balaban J connectivity index is 1.34. The van der Waals surface area contributed by atoms with E-state index in [1.54, 1.807) is 12.1 Å². The van der Waals surface area contributed by atoms with Crippen LogP contribution in [-0.4, -0.2) is 70.8 Å². The number of rotatable bonds is 4. The van der Waals surface area contributed by atoms with Crippen LogP contribution in [0.4, 0.5) is 14.6 Å². The van der Waals surface area contributed by atoms with Gasteiger partial charge in [-0.15, -0.1) is 6.42 Å². The number of anilines is 1. The number of halogens is 2. The van der Waals surface area contributed by atoms with Crippen LogP contribution < -0.4 is 15.0 Å². The summed E-state index contributed by atoms with van der Waals surface area (Å²) in [6.07, 6.45) is 12.8. The lowest BCUT2D eigenvalue weighted by atomic mass is 9.94. The number of piperazine rings is 1. The van der Waals surface area contributed by atoms with Crippen LogP contribution in [0.25, 0.3) is 32.9 Å². The van der Waals surface area contributed by atoms with Gasteiger partial charge in [0.1, 0.15) is 29.5 Å². The highest BCUT2D eigenvalue weighted by atomic mass is 19.1. The van der Waals surface area contributed by atoms with Crippen molar-refractivity contribution in [2.45, 2.75) is 56.5 Å². The fraction of sp³-hybridized carbons (Fsp3) is 0.441. The number of aryl methyl sites for hydroxylation is 1. The van der Waals surface area contributed by atoms with Gasteiger partial charge in [-0.05, 0) is 69.5 Å². The van der Waals surface area contributed by atoms with Gasteiger partial charge in [0, 0.05) is 36.6 Å². The van der Waals surface area contributed by atoms with Crippen LogP contribution >= 0.6 is 0 Å². The van der Waals surface area contributed by atoms with Gasteiger partial charge in [-0.2, -0.15) is 9.97 Å². The molecule has 4 aromatic rings. The van der Waals surface area contributed by atoms with E-state index in [4.69, 9.17) is 26.1 Å². The molecule has 3 fully saturated rings. The summed E-state index contributed by atoms with van der Waals surface area (Å²) in [6.45, 7) is 5.09. The van der Waals surface area contributed by atoms with Gasteiger partial charge in [0.2, 0.25) is 0 Å². The Bertz CT molecular complexity index is 1790. The molecule has 9 heteroatoms. The first-order valence-corrected chi connectivity index (χ1v) is 15.5. The van der Waals surface area contributed by atoms with Gasteiger partial charge in [0.25, 0.3) is 0 Å². The summed E-state index contributed by atoms with van der Waals surface area (Å²) in [4.78, 5) is 19.5. The first-order valence-electron chi connectivity index (χ1n) is 15.5. The number of nitrogens with zero attached hydrogens (tertiary/aromatic N) is 5. The topological polar surface area (TPSA) is 66.4 Å². The quantitative estimate of drug-likeness (QED) is 0.332. The molecule has 43 heavy (non-hydrogen) atoms. The Morgan fingerprint density at radius 2 is 1.88 bits per heavy atom. The molecular weight excluding hydrogens is 546 g/mol. The number of nitrogens with one attached hydrogen (secondary N) is 1. The summed E-state index contributed by atoms with van der Waals surface area (Å²) in [7, 11) is 0. The molecule has 4 aliphatic rings. The third-order valence-electron chi connectivity index (χ3n) is 10.1. The van der Waals surface area contributed by atoms with Crippen LogP contribution in [0.2, 0.25) is 0 Å². The summed E-state index contributed by atoms with van der Waals surface area (Å²) in [5.41, 5.74) is 1.63. The van der Waals surface area contributed by atoms with Crippen molar-refractivity contribution in [3.8, 4) is 29.6 Å². The molecule has 1 unspecified atom stereocenters. The van der Waals surface area contributed by atoms with Crippen molar-refractivity contribution in [1.82, 2.24) is 25.2 Å². The van der Waals surface area contributed by atoms with Gasteiger partial charge < -0.3 is 15.0 Å². The Morgan fingerprint density at radius 3 is 2.72 bits per heavy atom.